The largest absolute Gasteiger partial charge is 0.453 e. The molecule has 1 atom stereocenters. The van der Waals surface area contributed by atoms with E-state index in [4.69, 9.17) is 4.74 Å². The number of aromatic nitrogens is 3. The summed E-state index contributed by atoms with van der Waals surface area (Å²) in [6.45, 7) is 9.70. The van der Waals surface area contributed by atoms with Crippen LogP contribution >= 0.6 is 11.3 Å². The van der Waals surface area contributed by atoms with Gasteiger partial charge in [-0.2, -0.15) is 0 Å². The van der Waals surface area contributed by atoms with Crippen LogP contribution in [0, 0.1) is 0 Å². The van der Waals surface area contributed by atoms with Gasteiger partial charge in [-0.15, -0.1) is 0 Å². The first-order valence-electron chi connectivity index (χ1n) is 13.6. The molecule has 4 rings (SSSR count). The summed E-state index contributed by atoms with van der Waals surface area (Å²) in [5.41, 5.74) is 4.04. The third kappa shape index (κ3) is 7.64. The number of amides is 3. The lowest BCUT2D eigenvalue weighted by Gasteiger charge is -2.27. The highest BCUT2D eigenvalue weighted by atomic mass is 32.1. The summed E-state index contributed by atoms with van der Waals surface area (Å²) in [7, 11) is 1.26. The van der Waals surface area contributed by atoms with Crippen molar-refractivity contribution < 1.29 is 23.9 Å². The Labute approximate surface area is 248 Å². The molecule has 0 aliphatic carbocycles. The molecule has 12 heteroatoms. The first kappa shape index (κ1) is 30.5. The van der Waals surface area contributed by atoms with Gasteiger partial charge in [-0.1, -0.05) is 48.6 Å². The molecule has 0 radical (unpaired) electrons. The first-order chi connectivity index (χ1) is 20.0. The Morgan fingerprint density at radius 2 is 1.74 bits per heavy atom. The van der Waals surface area contributed by atoms with E-state index in [-0.39, 0.29) is 18.5 Å². The van der Waals surface area contributed by atoms with Gasteiger partial charge in [0, 0.05) is 6.54 Å². The van der Waals surface area contributed by atoms with Crippen molar-refractivity contribution in [2.45, 2.75) is 52.7 Å². The lowest BCUT2D eigenvalue weighted by molar-refractivity contribution is -0.132. The third-order valence-corrected chi connectivity index (χ3v) is 7.27. The topological polar surface area (TPSA) is 139 Å². The maximum absolute atomic E-state index is 12.8. The standard InChI is InChI=1S/C30H36N6O5S/c1-7-14-36(25(37)17-32-28(38)40-6)18(2)26-31-16-23(33-26)20-10-8-19(9-11-20)21-12-13-22-24(15-21)42-27(34-22)35-29(39)41-30(3,4)5/h8-13,15-16,18H,7,14,17H2,1-6H3,(H,31,33)(H,32,38)(H,34,35,39). The number of fused-ring (bicyclic) bond motifs is 1. The summed E-state index contributed by atoms with van der Waals surface area (Å²) < 4.78 is 10.8. The summed E-state index contributed by atoms with van der Waals surface area (Å²) in [5.74, 6) is 0.433. The molecule has 2 heterocycles. The summed E-state index contributed by atoms with van der Waals surface area (Å²) in [6.07, 6.45) is 1.33. The van der Waals surface area contributed by atoms with Crippen LogP contribution in [-0.4, -0.2) is 63.7 Å². The number of nitrogens with one attached hydrogen (secondary N) is 3. The fourth-order valence-corrected chi connectivity index (χ4v) is 5.22. The van der Waals surface area contributed by atoms with Crippen molar-refractivity contribution in [1.82, 2.24) is 25.2 Å². The zero-order valence-electron chi connectivity index (χ0n) is 24.6. The molecular weight excluding hydrogens is 556 g/mol. The van der Waals surface area contributed by atoms with Crippen LogP contribution in [-0.2, 0) is 14.3 Å². The van der Waals surface area contributed by atoms with Gasteiger partial charge in [0.2, 0.25) is 5.91 Å². The van der Waals surface area contributed by atoms with Crippen molar-refractivity contribution in [3.8, 4) is 22.4 Å². The minimum atomic E-state index is -0.650. The lowest BCUT2D eigenvalue weighted by atomic mass is 10.0. The van der Waals surface area contributed by atoms with Crippen molar-refractivity contribution in [2.75, 3.05) is 25.5 Å². The highest BCUT2D eigenvalue weighted by Gasteiger charge is 2.24. The molecule has 0 aliphatic rings. The van der Waals surface area contributed by atoms with Crippen LogP contribution in [0.15, 0.2) is 48.7 Å². The molecule has 1 unspecified atom stereocenters. The number of benzene rings is 2. The molecule has 0 bridgehead atoms. The van der Waals surface area contributed by atoms with Gasteiger partial charge in [0.05, 0.1) is 35.3 Å². The monoisotopic (exact) mass is 592 g/mol. The van der Waals surface area contributed by atoms with E-state index in [9.17, 15) is 14.4 Å². The van der Waals surface area contributed by atoms with Gasteiger partial charge in [-0.25, -0.2) is 19.6 Å². The number of aromatic amines is 1. The minimum absolute atomic E-state index is 0.152. The van der Waals surface area contributed by atoms with Crippen LogP contribution < -0.4 is 10.6 Å². The lowest BCUT2D eigenvalue weighted by Crippen LogP contribution is -2.42. The average Bonchev–Trinajstić information content (AvgIpc) is 3.60. The van der Waals surface area contributed by atoms with Gasteiger partial charge < -0.3 is 24.7 Å². The Bertz CT molecular complexity index is 1560. The molecule has 0 aliphatic heterocycles. The van der Waals surface area contributed by atoms with Crippen LogP contribution in [0.5, 0.6) is 0 Å². The summed E-state index contributed by atoms with van der Waals surface area (Å²) >= 11 is 1.39. The van der Waals surface area contributed by atoms with Gasteiger partial charge in [-0.05, 0) is 62.9 Å². The maximum atomic E-state index is 12.8. The molecule has 0 saturated carbocycles. The van der Waals surface area contributed by atoms with Gasteiger partial charge in [0.1, 0.15) is 18.0 Å². The van der Waals surface area contributed by atoms with Gasteiger partial charge in [0.25, 0.3) is 0 Å². The number of thiazole rings is 1. The van der Waals surface area contributed by atoms with E-state index in [2.05, 4.69) is 30.3 Å². The molecule has 2 aromatic heterocycles. The molecule has 11 nitrogen and oxygen atoms in total. The predicted molar refractivity (Wildman–Crippen MR) is 163 cm³/mol. The van der Waals surface area contributed by atoms with E-state index in [1.54, 1.807) is 11.1 Å². The van der Waals surface area contributed by atoms with E-state index in [1.807, 2.05) is 77.1 Å². The number of imidazole rings is 1. The molecular formula is C30H36N6O5S. The van der Waals surface area contributed by atoms with E-state index in [1.165, 1.54) is 18.4 Å². The molecule has 4 aromatic rings. The number of alkyl carbamates (subject to hydrolysis) is 1. The molecule has 0 spiro atoms. The van der Waals surface area contributed by atoms with Gasteiger partial charge >= 0.3 is 12.2 Å². The highest BCUT2D eigenvalue weighted by Crippen LogP contribution is 2.32. The second-order valence-electron chi connectivity index (χ2n) is 10.7. The number of hydrogen-bond donors (Lipinski definition) is 3. The van der Waals surface area contributed by atoms with Crippen molar-refractivity contribution >= 4 is 44.8 Å². The van der Waals surface area contributed by atoms with E-state index < -0.39 is 17.8 Å². The number of H-pyrrole nitrogens is 1. The van der Waals surface area contributed by atoms with Crippen molar-refractivity contribution in [3.63, 3.8) is 0 Å². The second kappa shape index (κ2) is 13.0. The Kier molecular flexibility index (Phi) is 9.46. The molecule has 42 heavy (non-hydrogen) atoms. The van der Waals surface area contributed by atoms with Crippen LogP contribution in [0.1, 0.15) is 52.9 Å². The number of anilines is 1. The number of ether oxygens (including phenoxy) is 2. The van der Waals surface area contributed by atoms with Crippen molar-refractivity contribution in [2.24, 2.45) is 0 Å². The third-order valence-electron chi connectivity index (χ3n) is 6.34. The molecule has 2 aromatic carbocycles. The number of nitrogens with zero attached hydrogens (tertiary/aromatic N) is 3. The average molecular weight is 593 g/mol. The van der Waals surface area contributed by atoms with Gasteiger partial charge in [-0.3, -0.25) is 10.1 Å². The first-order valence-corrected chi connectivity index (χ1v) is 14.5. The number of rotatable bonds is 9. The molecule has 0 fully saturated rings. The zero-order chi connectivity index (χ0) is 30.4. The van der Waals surface area contributed by atoms with Crippen LogP contribution in [0.3, 0.4) is 0 Å². The van der Waals surface area contributed by atoms with E-state index in [0.29, 0.717) is 17.5 Å². The number of hydrogen-bond acceptors (Lipinski definition) is 8. The fourth-order valence-electron chi connectivity index (χ4n) is 4.33. The molecule has 0 saturated heterocycles. The molecule has 3 amide bonds. The van der Waals surface area contributed by atoms with Crippen LogP contribution in [0.2, 0.25) is 0 Å². The Hall–Kier alpha value is -4.45. The van der Waals surface area contributed by atoms with Crippen LogP contribution in [0.25, 0.3) is 32.6 Å². The smallest absolute Gasteiger partial charge is 0.413 e. The summed E-state index contributed by atoms with van der Waals surface area (Å²) in [5, 5.41) is 5.64. The van der Waals surface area contributed by atoms with Crippen molar-refractivity contribution in [1.29, 1.82) is 0 Å². The maximum Gasteiger partial charge on any atom is 0.413 e. The summed E-state index contributed by atoms with van der Waals surface area (Å²) in [4.78, 5) is 50.4. The number of carbonyl (C=O) groups excluding carboxylic acids is 3. The van der Waals surface area contributed by atoms with Gasteiger partial charge in [0.15, 0.2) is 5.13 Å². The number of methoxy groups -OCH3 is 1. The van der Waals surface area contributed by atoms with E-state index >= 15 is 0 Å². The van der Waals surface area contributed by atoms with Crippen molar-refractivity contribution in [3.05, 3.63) is 54.5 Å². The Morgan fingerprint density at radius 1 is 1.05 bits per heavy atom. The Balaban J connectivity index is 1.46. The SMILES string of the molecule is CCCN(C(=O)CNC(=O)OC)C(C)c1ncc(-c2ccc(-c3ccc4nc(NC(=O)OC(C)(C)C)sc4c3)cc2)[nH]1. The molecule has 3 N–H and O–H groups in total. The van der Waals surface area contributed by atoms with E-state index in [0.717, 1.165) is 39.0 Å². The van der Waals surface area contributed by atoms with Crippen LogP contribution in [0.4, 0.5) is 14.7 Å². The Morgan fingerprint density at radius 3 is 2.40 bits per heavy atom. The number of carbonyl (C=O) groups is 3. The quantitative estimate of drug-likeness (QED) is 0.206. The fraction of sp³-hybridized carbons (Fsp3) is 0.367. The highest BCUT2D eigenvalue weighted by molar-refractivity contribution is 7.22. The molecule has 222 valence electrons. The normalized spacial score (nSPS) is 12.0. The minimum Gasteiger partial charge on any atom is -0.453 e. The summed E-state index contributed by atoms with van der Waals surface area (Å²) in [6, 6.07) is 13.8. The zero-order valence-corrected chi connectivity index (χ0v) is 25.4. The second-order valence-corrected chi connectivity index (χ2v) is 11.7. The predicted octanol–water partition coefficient (Wildman–Crippen LogP) is 6.36.